The molecule has 1 heterocycles. The molecule has 29 heavy (non-hydrogen) atoms. The average molecular weight is 411 g/mol. The summed E-state index contributed by atoms with van der Waals surface area (Å²) in [5.74, 6) is 1.80. The van der Waals surface area contributed by atoms with Gasteiger partial charge in [-0.25, -0.2) is 0 Å². The molecule has 0 atom stereocenters. The first-order chi connectivity index (χ1) is 14.0. The summed E-state index contributed by atoms with van der Waals surface area (Å²) >= 11 is 1.94. The lowest BCUT2D eigenvalue weighted by Gasteiger charge is -2.29. The maximum absolute atomic E-state index is 13.0. The molecule has 2 aromatic rings. The van der Waals surface area contributed by atoms with Crippen molar-refractivity contribution in [3.63, 3.8) is 0 Å². The maximum Gasteiger partial charge on any atom is 0.257 e. The van der Waals surface area contributed by atoms with Crippen LogP contribution >= 0.6 is 11.8 Å². The highest BCUT2D eigenvalue weighted by molar-refractivity contribution is 7.99. The number of carbonyl (C=O) groups is 2. The Bertz CT molecular complexity index is 936. The second-order valence-electron chi connectivity index (χ2n) is 7.60. The Hall–Kier alpha value is -2.67. The number of amides is 2. The van der Waals surface area contributed by atoms with Gasteiger partial charge in [0, 0.05) is 53.3 Å². The van der Waals surface area contributed by atoms with Crippen molar-refractivity contribution in [3.8, 4) is 0 Å². The first kappa shape index (κ1) is 19.6. The molecule has 7 heteroatoms. The average Bonchev–Trinajstić information content (AvgIpc) is 3.54. The number of hydrogen-bond donors (Lipinski definition) is 3. The van der Waals surface area contributed by atoms with Gasteiger partial charge in [-0.1, -0.05) is 6.07 Å². The predicted octanol–water partition coefficient (Wildman–Crippen LogP) is 3.27. The smallest absolute Gasteiger partial charge is 0.257 e. The topological polar surface area (TPSA) is 87.5 Å². The van der Waals surface area contributed by atoms with Crippen molar-refractivity contribution < 1.29 is 9.59 Å². The maximum atomic E-state index is 13.0. The molecule has 0 aromatic heterocycles. The molecular formula is C22H26N4O2S. The first-order valence-electron chi connectivity index (χ1n) is 9.96. The summed E-state index contributed by atoms with van der Waals surface area (Å²) in [6.45, 7) is 3.84. The molecule has 0 unspecified atom stereocenters. The molecule has 2 fully saturated rings. The summed E-state index contributed by atoms with van der Waals surface area (Å²) in [4.78, 5) is 27.6. The zero-order valence-electron chi connectivity index (χ0n) is 16.5. The zero-order chi connectivity index (χ0) is 20.4. The van der Waals surface area contributed by atoms with Crippen molar-refractivity contribution >= 4 is 40.6 Å². The summed E-state index contributed by atoms with van der Waals surface area (Å²) in [6.07, 6.45) is 2.07. The molecule has 0 bridgehead atoms. The SMILES string of the molecule is Cc1ccc(C(=O)NC2CC2)cc1NC(=O)c1cc(N2CCSCC2)ccc1N. The highest BCUT2D eigenvalue weighted by Crippen LogP contribution is 2.26. The lowest BCUT2D eigenvalue weighted by Crippen LogP contribution is -2.32. The van der Waals surface area contributed by atoms with Crippen molar-refractivity contribution in [2.75, 3.05) is 40.5 Å². The molecule has 0 radical (unpaired) electrons. The lowest BCUT2D eigenvalue weighted by molar-refractivity contribution is 0.0949. The molecule has 1 aliphatic heterocycles. The van der Waals surface area contributed by atoms with Crippen LogP contribution in [0.2, 0.25) is 0 Å². The van der Waals surface area contributed by atoms with E-state index in [0.717, 1.165) is 48.7 Å². The molecule has 2 aliphatic rings. The molecule has 6 nitrogen and oxygen atoms in total. The van der Waals surface area contributed by atoms with Gasteiger partial charge in [0.1, 0.15) is 0 Å². The number of nitrogens with zero attached hydrogens (tertiary/aromatic N) is 1. The molecule has 2 amide bonds. The summed E-state index contributed by atoms with van der Waals surface area (Å²) < 4.78 is 0. The van der Waals surface area contributed by atoms with Crippen LogP contribution in [0.1, 0.15) is 39.1 Å². The zero-order valence-corrected chi connectivity index (χ0v) is 17.3. The Balaban J connectivity index is 1.53. The number of benzene rings is 2. The van der Waals surface area contributed by atoms with Gasteiger partial charge in [-0.3, -0.25) is 9.59 Å². The monoisotopic (exact) mass is 410 g/mol. The quantitative estimate of drug-likeness (QED) is 0.659. The first-order valence-corrected chi connectivity index (χ1v) is 11.1. The Morgan fingerprint density at radius 3 is 2.55 bits per heavy atom. The fourth-order valence-electron chi connectivity index (χ4n) is 3.34. The third-order valence-corrected chi connectivity index (χ3v) is 6.26. The molecular weight excluding hydrogens is 384 g/mol. The number of thioether (sulfide) groups is 1. The van der Waals surface area contributed by atoms with Crippen LogP contribution in [0, 0.1) is 6.92 Å². The summed E-state index contributed by atoms with van der Waals surface area (Å²) in [5.41, 5.74) is 10.1. The van der Waals surface area contributed by atoms with E-state index in [1.807, 2.05) is 36.9 Å². The minimum atomic E-state index is -0.265. The summed E-state index contributed by atoms with van der Waals surface area (Å²) in [5, 5.41) is 5.92. The Morgan fingerprint density at radius 1 is 1.07 bits per heavy atom. The summed E-state index contributed by atoms with van der Waals surface area (Å²) in [6, 6.07) is 11.3. The summed E-state index contributed by atoms with van der Waals surface area (Å²) in [7, 11) is 0. The van der Waals surface area contributed by atoms with E-state index in [0.29, 0.717) is 22.5 Å². The normalized spacial score (nSPS) is 16.4. The Kier molecular flexibility index (Phi) is 5.67. The minimum absolute atomic E-state index is 0.104. The van der Waals surface area contributed by atoms with E-state index in [9.17, 15) is 9.59 Å². The third-order valence-electron chi connectivity index (χ3n) is 5.32. The second kappa shape index (κ2) is 8.37. The van der Waals surface area contributed by atoms with Crippen molar-refractivity contribution in [2.45, 2.75) is 25.8 Å². The van der Waals surface area contributed by atoms with Gasteiger partial charge >= 0.3 is 0 Å². The van der Waals surface area contributed by atoms with E-state index in [-0.39, 0.29) is 17.9 Å². The number of hydrogen-bond acceptors (Lipinski definition) is 5. The van der Waals surface area contributed by atoms with Crippen LogP contribution in [0.3, 0.4) is 0 Å². The predicted molar refractivity (Wildman–Crippen MR) is 120 cm³/mol. The van der Waals surface area contributed by atoms with Gasteiger partial charge in [-0.05, 0) is 55.7 Å². The molecule has 4 rings (SSSR count). The molecule has 4 N–H and O–H groups in total. The number of carbonyl (C=O) groups excluding carboxylic acids is 2. The highest BCUT2D eigenvalue weighted by Gasteiger charge is 2.24. The van der Waals surface area contributed by atoms with Gasteiger partial charge in [-0.2, -0.15) is 11.8 Å². The molecule has 1 saturated carbocycles. The Morgan fingerprint density at radius 2 is 1.83 bits per heavy atom. The molecule has 1 aliphatic carbocycles. The van der Waals surface area contributed by atoms with Gasteiger partial charge in [0.05, 0.1) is 5.56 Å². The van der Waals surface area contributed by atoms with E-state index in [1.54, 1.807) is 18.2 Å². The molecule has 152 valence electrons. The fraction of sp³-hybridized carbons (Fsp3) is 0.364. The Labute approximate surface area is 175 Å². The standard InChI is InChI=1S/C22H26N4O2S/c1-14-2-3-15(21(27)24-16-4-5-16)12-20(14)25-22(28)18-13-17(6-7-19(18)23)26-8-10-29-11-9-26/h2-3,6-7,12-13,16H,4-5,8-11,23H2,1H3,(H,24,27)(H,25,28). The van der Waals surface area contributed by atoms with Crippen molar-refractivity contribution in [1.29, 1.82) is 0 Å². The van der Waals surface area contributed by atoms with Crippen molar-refractivity contribution in [1.82, 2.24) is 5.32 Å². The van der Waals surface area contributed by atoms with Gasteiger partial charge < -0.3 is 21.3 Å². The number of rotatable bonds is 5. The van der Waals surface area contributed by atoms with Gasteiger partial charge in [0.2, 0.25) is 0 Å². The van der Waals surface area contributed by atoms with Crippen LogP contribution in [0.15, 0.2) is 36.4 Å². The van der Waals surface area contributed by atoms with Crippen LogP contribution in [0.25, 0.3) is 0 Å². The van der Waals surface area contributed by atoms with E-state index < -0.39 is 0 Å². The second-order valence-corrected chi connectivity index (χ2v) is 8.83. The number of anilines is 3. The lowest BCUT2D eigenvalue weighted by atomic mass is 10.1. The third kappa shape index (κ3) is 4.67. The van der Waals surface area contributed by atoms with Gasteiger partial charge in [0.15, 0.2) is 0 Å². The van der Waals surface area contributed by atoms with Crippen LogP contribution in [-0.4, -0.2) is 42.5 Å². The van der Waals surface area contributed by atoms with Crippen LogP contribution < -0.4 is 21.3 Å². The van der Waals surface area contributed by atoms with Crippen molar-refractivity contribution in [2.24, 2.45) is 0 Å². The van der Waals surface area contributed by atoms with Crippen LogP contribution in [0.4, 0.5) is 17.1 Å². The number of nitrogens with one attached hydrogen (secondary N) is 2. The van der Waals surface area contributed by atoms with E-state index in [4.69, 9.17) is 5.73 Å². The van der Waals surface area contributed by atoms with Crippen LogP contribution in [-0.2, 0) is 0 Å². The minimum Gasteiger partial charge on any atom is -0.398 e. The van der Waals surface area contributed by atoms with E-state index in [1.165, 1.54) is 0 Å². The van der Waals surface area contributed by atoms with E-state index in [2.05, 4.69) is 15.5 Å². The van der Waals surface area contributed by atoms with Crippen molar-refractivity contribution in [3.05, 3.63) is 53.1 Å². The van der Waals surface area contributed by atoms with E-state index >= 15 is 0 Å². The molecule has 2 aromatic carbocycles. The van der Waals surface area contributed by atoms with Gasteiger partial charge in [-0.15, -0.1) is 0 Å². The highest BCUT2D eigenvalue weighted by atomic mass is 32.2. The molecule has 1 saturated heterocycles. The van der Waals surface area contributed by atoms with Gasteiger partial charge in [0.25, 0.3) is 11.8 Å². The number of nitrogen functional groups attached to an aromatic ring is 1. The molecule has 0 spiro atoms. The van der Waals surface area contributed by atoms with Crippen LogP contribution in [0.5, 0.6) is 0 Å². The number of nitrogens with two attached hydrogens (primary N) is 1. The largest absolute Gasteiger partial charge is 0.398 e. The number of aryl methyl sites for hydroxylation is 1. The fourth-order valence-corrected chi connectivity index (χ4v) is 4.25.